The van der Waals surface area contributed by atoms with Gasteiger partial charge in [0.1, 0.15) is 4.21 Å². The molecule has 0 aliphatic heterocycles. The molecule has 5 nitrogen and oxygen atoms in total. The molecule has 0 aliphatic carbocycles. The minimum absolute atomic E-state index is 0.0338. The van der Waals surface area contributed by atoms with Crippen LogP contribution in [0.4, 0.5) is 0 Å². The molecule has 0 bridgehead atoms. The zero-order valence-electron chi connectivity index (χ0n) is 11.7. The predicted molar refractivity (Wildman–Crippen MR) is 81.7 cm³/mol. The first-order valence-corrected chi connectivity index (χ1v) is 8.95. The molecule has 0 fully saturated rings. The van der Waals surface area contributed by atoms with Gasteiger partial charge in [0.15, 0.2) is 0 Å². The molecular weight excluding hydrogens is 320 g/mol. The van der Waals surface area contributed by atoms with Gasteiger partial charge < -0.3 is 5.32 Å². The maximum atomic E-state index is 12.0. The number of amides is 1. The van der Waals surface area contributed by atoms with Crippen molar-refractivity contribution < 1.29 is 13.2 Å². The van der Waals surface area contributed by atoms with Crippen molar-refractivity contribution in [2.45, 2.75) is 31.4 Å². The van der Waals surface area contributed by atoms with Crippen molar-refractivity contribution in [3.05, 3.63) is 16.0 Å². The molecule has 114 valence electrons. The van der Waals surface area contributed by atoms with Gasteiger partial charge in [0.2, 0.25) is 15.9 Å². The molecule has 1 aromatic rings. The number of hydrogen-bond donors (Lipinski definition) is 2. The van der Waals surface area contributed by atoms with Crippen molar-refractivity contribution in [3.8, 4) is 0 Å². The third-order valence-corrected chi connectivity index (χ3v) is 6.06. The molecule has 0 radical (unpaired) electrons. The number of rotatable bonds is 7. The fourth-order valence-corrected chi connectivity index (χ4v) is 4.17. The second-order valence-electron chi connectivity index (χ2n) is 4.72. The van der Waals surface area contributed by atoms with Gasteiger partial charge in [0, 0.05) is 19.0 Å². The summed E-state index contributed by atoms with van der Waals surface area (Å²) in [6.07, 6.45) is 0.537. The summed E-state index contributed by atoms with van der Waals surface area (Å²) in [5, 5.41) is 2.73. The Labute approximate surface area is 128 Å². The first-order valence-electron chi connectivity index (χ1n) is 6.27. The average molecular weight is 339 g/mol. The van der Waals surface area contributed by atoms with E-state index in [0.717, 1.165) is 16.9 Å². The van der Waals surface area contributed by atoms with Crippen LogP contribution in [-0.4, -0.2) is 27.4 Å². The van der Waals surface area contributed by atoms with E-state index in [1.54, 1.807) is 26.8 Å². The van der Waals surface area contributed by atoms with Crippen molar-refractivity contribution in [1.29, 1.82) is 0 Å². The fraction of sp³-hybridized carbons (Fsp3) is 0.583. The Morgan fingerprint density at radius 2 is 2.05 bits per heavy atom. The van der Waals surface area contributed by atoms with Crippen molar-refractivity contribution in [1.82, 2.24) is 10.0 Å². The Hall–Kier alpha value is -0.630. The van der Waals surface area contributed by atoms with E-state index in [1.807, 2.05) is 0 Å². The van der Waals surface area contributed by atoms with Crippen LogP contribution in [0.5, 0.6) is 0 Å². The van der Waals surface area contributed by atoms with E-state index in [2.05, 4.69) is 10.0 Å². The van der Waals surface area contributed by atoms with Crippen LogP contribution in [0, 0.1) is 12.8 Å². The maximum absolute atomic E-state index is 12.0. The minimum atomic E-state index is -3.51. The van der Waals surface area contributed by atoms with Gasteiger partial charge in [-0.05, 0) is 25.0 Å². The summed E-state index contributed by atoms with van der Waals surface area (Å²) in [5.41, 5.74) is 0.751. The summed E-state index contributed by atoms with van der Waals surface area (Å²) in [6.45, 7) is 6.10. The number of halogens is 1. The van der Waals surface area contributed by atoms with Crippen LogP contribution in [0.2, 0.25) is 4.34 Å². The van der Waals surface area contributed by atoms with E-state index in [4.69, 9.17) is 11.6 Å². The van der Waals surface area contributed by atoms with E-state index < -0.39 is 10.0 Å². The highest BCUT2D eigenvalue weighted by Crippen LogP contribution is 2.29. The van der Waals surface area contributed by atoms with E-state index in [-0.39, 0.29) is 22.6 Å². The van der Waals surface area contributed by atoms with Crippen LogP contribution < -0.4 is 10.0 Å². The summed E-state index contributed by atoms with van der Waals surface area (Å²) in [6, 6.07) is 1.55. The van der Waals surface area contributed by atoms with Gasteiger partial charge in [-0.1, -0.05) is 25.4 Å². The van der Waals surface area contributed by atoms with Gasteiger partial charge in [-0.25, -0.2) is 13.1 Å². The number of thiophene rings is 1. The molecule has 0 unspecified atom stereocenters. The van der Waals surface area contributed by atoms with Crippen molar-refractivity contribution in [2.24, 2.45) is 5.92 Å². The van der Waals surface area contributed by atoms with Gasteiger partial charge in [-0.2, -0.15) is 0 Å². The molecule has 2 N–H and O–H groups in total. The molecule has 1 aromatic heterocycles. The lowest BCUT2D eigenvalue weighted by atomic mass is 10.2. The third-order valence-electron chi connectivity index (χ3n) is 2.57. The first kappa shape index (κ1) is 17.4. The largest absolute Gasteiger partial charge is 0.356 e. The molecule has 1 rings (SSSR count). The van der Waals surface area contributed by atoms with Crippen molar-refractivity contribution in [3.63, 3.8) is 0 Å². The number of carbonyl (C=O) groups is 1. The molecule has 8 heteroatoms. The standard InChI is InChI=1S/C12H19ClN2O3S2/c1-8(2)12(16)14-5-4-6-15-20(17,18)10-7-9(3)11(13)19-10/h7-8,15H,4-6H2,1-3H3,(H,14,16). The van der Waals surface area contributed by atoms with Crippen LogP contribution in [-0.2, 0) is 14.8 Å². The number of hydrogen-bond acceptors (Lipinski definition) is 4. The van der Waals surface area contributed by atoms with Gasteiger partial charge >= 0.3 is 0 Å². The monoisotopic (exact) mass is 338 g/mol. The van der Waals surface area contributed by atoms with Crippen molar-refractivity contribution in [2.75, 3.05) is 13.1 Å². The highest BCUT2D eigenvalue weighted by molar-refractivity contribution is 7.91. The number of carbonyl (C=O) groups excluding carboxylic acids is 1. The van der Waals surface area contributed by atoms with Gasteiger partial charge in [-0.3, -0.25) is 4.79 Å². The molecule has 1 amide bonds. The van der Waals surface area contributed by atoms with Crippen LogP contribution in [0.15, 0.2) is 10.3 Å². The second-order valence-corrected chi connectivity index (χ2v) is 8.37. The highest BCUT2D eigenvalue weighted by atomic mass is 35.5. The molecule has 0 aliphatic rings. The second kappa shape index (κ2) is 7.40. The zero-order valence-corrected chi connectivity index (χ0v) is 14.1. The van der Waals surface area contributed by atoms with E-state index in [0.29, 0.717) is 17.3 Å². The maximum Gasteiger partial charge on any atom is 0.250 e. The molecular formula is C12H19ClN2O3S2. The first-order chi connectivity index (χ1) is 9.24. The fourth-order valence-electron chi connectivity index (χ4n) is 1.35. The van der Waals surface area contributed by atoms with Crippen LogP contribution in [0.3, 0.4) is 0 Å². The smallest absolute Gasteiger partial charge is 0.250 e. The topological polar surface area (TPSA) is 75.3 Å². The molecule has 0 saturated heterocycles. The molecule has 0 aromatic carbocycles. The lowest BCUT2D eigenvalue weighted by molar-refractivity contribution is -0.123. The van der Waals surface area contributed by atoms with Crippen LogP contribution in [0.25, 0.3) is 0 Å². The molecule has 0 saturated carbocycles. The summed E-state index contributed by atoms with van der Waals surface area (Å²) in [5.74, 6) is -0.101. The third kappa shape index (κ3) is 5.05. The number of nitrogens with one attached hydrogen (secondary N) is 2. The lowest BCUT2D eigenvalue weighted by Gasteiger charge is -2.08. The zero-order chi connectivity index (χ0) is 15.3. The number of aryl methyl sites for hydroxylation is 1. The average Bonchev–Trinajstić information content (AvgIpc) is 2.69. The highest BCUT2D eigenvalue weighted by Gasteiger charge is 2.17. The Morgan fingerprint density at radius 3 is 2.55 bits per heavy atom. The Balaban J connectivity index is 2.39. The molecule has 1 heterocycles. The summed E-state index contributed by atoms with van der Waals surface area (Å²) in [4.78, 5) is 11.3. The van der Waals surface area contributed by atoms with E-state index >= 15 is 0 Å². The van der Waals surface area contributed by atoms with E-state index in [9.17, 15) is 13.2 Å². The Kier molecular flexibility index (Phi) is 6.44. The normalized spacial score (nSPS) is 11.8. The Morgan fingerprint density at radius 1 is 1.40 bits per heavy atom. The lowest BCUT2D eigenvalue weighted by Crippen LogP contribution is -2.31. The van der Waals surface area contributed by atoms with Gasteiger partial charge in [0.05, 0.1) is 4.34 Å². The predicted octanol–water partition coefficient (Wildman–Crippen LogP) is 2.15. The minimum Gasteiger partial charge on any atom is -0.356 e. The van der Waals surface area contributed by atoms with Crippen molar-refractivity contribution >= 4 is 38.9 Å². The molecule has 0 spiro atoms. The van der Waals surface area contributed by atoms with Crippen LogP contribution >= 0.6 is 22.9 Å². The SMILES string of the molecule is Cc1cc(S(=O)(=O)NCCCNC(=O)C(C)C)sc1Cl. The van der Waals surface area contributed by atoms with E-state index in [1.165, 1.54) is 0 Å². The summed E-state index contributed by atoms with van der Waals surface area (Å²) in [7, 11) is -3.51. The Bertz CT molecular complexity index is 548. The molecule has 20 heavy (non-hydrogen) atoms. The van der Waals surface area contributed by atoms with Gasteiger partial charge in [0.25, 0.3) is 0 Å². The molecule has 0 atom stereocenters. The summed E-state index contributed by atoms with van der Waals surface area (Å²) >= 11 is 6.90. The number of sulfonamides is 1. The van der Waals surface area contributed by atoms with Crippen LogP contribution in [0.1, 0.15) is 25.8 Å². The summed E-state index contributed by atoms with van der Waals surface area (Å²) < 4.78 is 27.1. The quantitative estimate of drug-likeness (QED) is 0.748. The van der Waals surface area contributed by atoms with Gasteiger partial charge in [-0.15, -0.1) is 11.3 Å².